The zero-order valence-corrected chi connectivity index (χ0v) is 11.5. The number of hydrogen-bond acceptors (Lipinski definition) is 3. The van der Waals surface area contributed by atoms with Crippen LogP contribution in [0.1, 0.15) is 37.7 Å². The molecule has 4 heteroatoms. The lowest BCUT2D eigenvalue weighted by atomic mass is 10.1. The second kappa shape index (κ2) is 6.95. The van der Waals surface area contributed by atoms with Crippen molar-refractivity contribution >= 4 is 0 Å². The Hall–Kier alpha value is -1.81. The third-order valence-corrected chi connectivity index (χ3v) is 3.02. The van der Waals surface area contributed by atoms with E-state index in [-0.39, 0.29) is 6.04 Å². The highest BCUT2D eigenvalue weighted by atomic mass is 16.5. The fourth-order valence-electron chi connectivity index (χ4n) is 2.06. The van der Waals surface area contributed by atoms with Gasteiger partial charge in [-0.2, -0.15) is 0 Å². The van der Waals surface area contributed by atoms with Crippen LogP contribution in [-0.4, -0.2) is 16.6 Å². The minimum atomic E-state index is 0.255. The maximum absolute atomic E-state index is 5.51. The minimum Gasteiger partial charge on any atom is -0.494 e. The second-order valence-electron chi connectivity index (χ2n) is 4.40. The van der Waals surface area contributed by atoms with Crippen molar-refractivity contribution in [1.29, 1.82) is 0 Å². The summed E-state index contributed by atoms with van der Waals surface area (Å²) in [4.78, 5) is 7.46. The molecular formula is C15H21N3O. The number of aromatic amines is 1. The predicted molar refractivity (Wildman–Crippen MR) is 76.1 cm³/mol. The maximum Gasteiger partial charge on any atom is 0.123 e. The summed E-state index contributed by atoms with van der Waals surface area (Å²) >= 11 is 0. The van der Waals surface area contributed by atoms with Gasteiger partial charge in [0.2, 0.25) is 0 Å². The molecule has 1 heterocycles. The molecule has 1 aromatic heterocycles. The van der Waals surface area contributed by atoms with Gasteiger partial charge in [0.1, 0.15) is 11.6 Å². The van der Waals surface area contributed by atoms with E-state index in [0.717, 1.165) is 24.5 Å². The third-order valence-electron chi connectivity index (χ3n) is 3.02. The molecular weight excluding hydrogens is 238 g/mol. The topological polar surface area (TPSA) is 49.9 Å². The highest BCUT2D eigenvalue weighted by Gasteiger charge is 2.10. The van der Waals surface area contributed by atoms with Gasteiger partial charge in [-0.05, 0) is 31.0 Å². The van der Waals surface area contributed by atoms with Gasteiger partial charge in [-0.15, -0.1) is 0 Å². The lowest BCUT2D eigenvalue weighted by molar-refractivity contribution is 0.339. The molecule has 0 aliphatic heterocycles. The van der Waals surface area contributed by atoms with Crippen molar-refractivity contribution in [1.82, 2.24) is 15.3 Å². The summed E-state index contributed by atoms with van der Waals surface area (Å²) in [5, 5.41) is 3.51. The van der Waals surface area contributed by atoms with Gasteiger partial charge >= 0.3 is 0 Å². The summed E-state index contributed by atoms with van der Waals surface area (Å²) < 4.78 is 5.51. The summed E-state index contributed by atoms with van der Waals surface area (Å²) in [5.74, 6) is 1.91. The van der Waals surface area contributed by atoms with Gasteiger partial charge in [0.15, 0.2) is 0 Å². The summed E-state index contributed by atoms with van der Waals surface area (Å²) in [6, 6.07) is 8.44. The van der Waals surface area contributed by atoms with E-state index in [4.69, 9.17) is 4.74 Å². The first kappa shape index (κ1) is 13.6. The van der Waals surface area contributed by atoms with Crippen LogP contribution in [-0.2, 0) is 6.54 Å². The van der Waals surface area contributed by atoms with Gasteiger partial charge in [-0.25, -0.2) is 4.98 Å². The molecule has 2 N–H and O–H groups in total. The molecule has 0 radical (unpaired) electrons. The van der Waals surface area contributed by atoms with Crippen LogP contribution in [0.25, 0.3) is 0 Å². The predicted octanol–water partition coefficient (Wildman–Crippen LogP) is 3.05. The molecule has 2 rings (SSSR count). The first-order valence-electron chi connectivity index (χ1n) is 6.77. The van der Waals surface area contributed by atoms with Crippen molar-refractivity contribution in [3.05, 3.63) is 48.0 Å². The van der Waals surface area contributed by atoms with E-state index in [0.29, 0.717) is 6.61 Å². The monoisotopic (exact) mass is 259 g/mol. The van der Waals surface area contributed by atoms with Crippen LogP contribution >= 0.6 is 0 Å². The summed E-state index contributed by atoms with van der Waals surface area (Å²) in [5.41, 5.74) is 1.22. The normalized spacial score (nSPS) is 12.3. The summed E-state index contributed by atoms with van der Waals surface area (Å²) in [6.07, 6.45) is 4.64. The largest absolute Gasteiger partial charge is 0.494 e. The minimum absolute atomic E-state index is 0.255. The van der Waals surface area contributed by atoms with Crippen LogP contribution in [0.4, 0.5) is 0 Å². The van der Waals surface area contributed by atoms with Crippen LogP contribution in [0.3, 0.4) is 0 Å². The number of benzene rings is 1. The SMILES string of the molecule is CCOc1cccc(CNC(CC)c2ncc[nH]2)c1. The Morgan fingerprint density at radius 1 is 1.37 bits per heavy atom. The fraction of sp³-hybridized carbons (Fsp3) is 0.400. The van der Waals surface area contributed by atoms with Crippen LogP contribution in [0.15, 0.2) is 36.7 Å². The standard InChI is InChI=1S/C15H21N3O/c1-3-14(15-16-8-9-17-15)18-11-12-6-5-7-13(10-12)19-4-2/h5-10,14,18H,3-4,11H2,1-2H3,(H,16,17). The molecule has 0 fully saturated rings. The molecule has 2 aromatic rings. The van der Waals surface area contributed by atoms with Crippen molar-refractivity contribution < 1.29 is 4.74 Å². The molecule has 0 aliphatic rings. The van der Waals surface area contributed by atoms with E-state index in [2.05, 4.69) is 34.3 Å². The van der Waals surface area contributed by atoms with Crippen molar-refractivity contribution in [3.63, 3.8) is 0 Å². The number of aromatic nitrogens is 2. The van der Waals surface area contributed by atoms with E-state index >= 15 is 0 Å². The first-order chi connectivity index (χ1) is 9.33. The van der Waals surface area contributed by atoms with E-state index in [1.165, 1.54) is 5.56 Å². The van der Waals surface area contributed by atoms with Gasteiger partial charge in [-0.3, -0.25) is 0 Å². The van der Waals surface area contributed by atoms with E-state index in [9.17, 15) is 0 Å². The Morgan fingerprint density at radius 2 is 2.26 bits per heavy atom. The quantitative estimate of drug-likeness (QED) is 0.803. The molecule has 0 bridgehead atoms. The Balaban J connectivity index is 1.95. The molecule has 0 saturated carbocycles. The second-order valence-corrected chi connectivity index (χ2v) is 4.40. The Kier molecular flexibility index (Phi) is 4.98. The van der Waals surface area contributed by atoms with Gasteiger partial charge in [0, 0.05) is 18.9 Å². The van der Waals surface area contributed by atoms with Gasteiger partial charge in [-0.1, -0.05) is 19.1 Å². The third kappa shape index (κ3) is 3.83. The highest BCUT2D eigenvalue weighted by molar-refractivity contribution is 5.28. The molecule has 0 spiro atoms. The maximum atomic E-state index is 5.51. The smallest absolute Gasteiger partial charge is 0.123 e. The molecule has 4 nitrogen and oxygen atoms in total. The fourth-order valence-corrected chi connectivity index (χ4v) is 2.06. The summed E-state index contributed by atoms with van der Waals surface area (Å²) in [7, 11) is 0. The molecule has 102 valence electrons. The van der Waals surface area contributed by atoms with Crippen molar-refractivity contribution in [2.24, 2.45) is 0 Å². The molecule has 1 atom stereocenters. The van der Waals surface area contributed by atoms with Gasteiger partial charge in [0.25, 0.3) is 0 Å². The number of rotatable bonds is 7. The van der Waals surface area contributed by atoms with Crippen LogP contribution in [0, 0.1) is 0 Å². The van der Waals surface area contributed by atoms with Gasteiger partial charge < -0.3 is 15.0 Å². The molecule has 0 amide bonds. The van der Waals surface area contributed by atoms with Crippen molar-refractivity contribution in [2.75, 3.05) is 6.61 Å². The van der Waals surface area contributed by atoms with Crippen LogP contribution in [0.2, 0.25) is 0 Å². The van der Waals surface area contributed by atoms with E-state index < -0.39 is 0 Å². The number of hydrogen-bond donors (Lipinski definition) is 2. The highest BCUT2D eigenvalue weighted by Crippen LogP contribution is 2.16. The van der Waals surface area contributed by atoms with Crippen LogP contribution < -0.4 is 10.1 Å². The van der Waals surface area contributed by atoms with E-state index in [1.807, 2.05) is 25.3 Å². The Labute approximate surface area is 114 Å². The molecule has 0 aliphatic carbocycles. The van der Waals surface area contributed by atoms with Crippen molar-refractivity contribution in [3.8, 4) is 5.75 Å². The zero-order valence-electron chi connectivity index (χ0n) is 11.5. The molecule has 0 saturated heterocycles. The number of nitrogens with one attached hydrogen (secondary N) is 2. The van der Waals surface area contributed by atoms with Crippen molar-refractivity contribution in [2.45, 2.75) is 32.9 Å². The average Bonchev–Trinajstić information content (AvgIpc) is 2.94. The lowest BCUT2D eigenvalue weighted by Crippen LogP contribution is -2.21. The van der Waals surface area contributed by atoms with Gasteiger partial charge in [0.05, 0.1) is 12.6 Å². The average molecular weight is 259 g/mol. The molecule has 1 unspecified atom stereocenters. The lowest BCUT2D eigenvalue weighted by Gasteiger charge is -2.15. The zero-order chi connectivity index (χ0) is 13.5. The first-order valence-corrected chi connectivity index (χ1v) is 6.77. The molecule has 19 heavy (non-hydrogen) atoms. The summed E-state index contributed by atoms with van der Waals surface area (Å²) in [6.45, 7) is 5.65. The number of imidazole rings is 1. The number of H-pyrrole nitrogens is 1. The number of ether oxygens (including phenoxy) is 1. The Morgan fingerprint density at radius 3 is 2.95 bits per heavy atom. The van der Waals surface area contributed by atoms with Crippen LogP contribution in [0.5, 0.6) is 5.75 Å². The Bertz CT molecular complexity index is 482. The number of nitrogens with zero attached hydrogens (tertiary/aromatic N) is 1. The van der Waals surface area contributed by atoms with E-state index in [1.54, 1.807) is 6.20 Å². The molecule has 1 aromatic carbocycles.